The summed E-state index contributed by atoms with van der Waals surface area (Å²) in [6.07, 6.45) is 0. The maximum absolute atomic E-state index is 6.57. The van der Waals surface area contributed by atoms with Gasteiger partial charge in [-0.05, 0) is 87.1 Å². The average molecular weight is 697 g/mol. The van der Waals surface area contributed by atoms with Gasteiger partial charge in [0.1, 0.15) is 17.0 Å². The molecule has 0 bridgehead atoms. The van der Waals surface area contributed by atoms with Crippen molar-refractivity contribution in [3.05, 3.63) is 186 Å². The summed E-state index contributed by atoms with van der Waals surface area (Å²) in [6.45, 7) is 2.24. The molecule has 4 heteroatoms. The smallest absolute Gasteiger partial charge is 0.136 e. The third kappa shape index (κ3) is 4.69. The van der Waals surface area contributed by atoms with E-state index >= 15 is 0 Å². The lowest BCUT2D eigenvalue weighted by atomic mass is 9.86. The molecule has 1 unspecified atom stereocenters. The predicted molar refractivity (Wildman–Crippen MR) is 225 cm³/mol. The van der Waals surface area contributed by atoms with E-state index in [0.29, 0.717) is 0 Å². The van der Waals surface area contributed by atoms with E-state index in [1.807, 2.05) is 17.4 Å². The van der Waals surface area contributed by atoms with Crippen LogP contribution in [0, 0.1) is 0 Å². The number of para-hydroxylation sites is 1. The Morgan fingerprint density at radius 1 is 0.547 bits per heavy atom. The van der Waals surface area contributed by atoms with Crippen molar-refractivity contribution in [3.8, 4) is 11.1 Å². The Kier molecular flexibility index (Phi) is 6.70. The van der Waals surface area contributed by atoms with E-state index in [1.165, 1.54) is 52.8 Å². The van der Waals surface area contributed by atoms with Crippen molar-refractivity contribution < 1.29 is 4.42 Å². The standard InChI is InChI=1S/C49H32N2OS/c1-29-47(33-24-25-35-32(28-33)23-22-30-12-5-6-15-34(30)35)50-49(31-13-3-2-4-14-31)51-48(29)46-37(26-27-41-45(46)38-16-7-9-19-40(38)52-41)36-18-11-21-43-44(36)39-17-8-10-20-42(39)53-43/h2-28,47H,1H3,(H,50,51). The van der Waals surface area contributed by atoms with Crippen molar-refractivity contribution in [1.29, 1.82) is 0 Å². The first-order chi connectivity index (χ1) is 26.2. The van der Waals surface area contributed by atoms with Crippen LogP contribution in [0.1, 0.15) is 29.7 Å². The van der Waals surface area contributed by atoms with E-state index < -0.39 is 0 Å². The monoisotopic (exact) mass is 696 g/mol. The molecule has 8 aromatic carbocycles. The molecule has 2 aromatic heterocycles. The lowest BCUT2D eigenvalue weighted by Gasteiger charge is -2.30. The Labute approximate surface area is 310 Å². The minimum absolute atomic E-state index is 0.118. The lowest BCUT2D eigenvalue weighted by molar-refractivity contribution is 0.669. The zero-order chi connectivity index (χ0) is 35.0. The minimum atomic E-state index is -0.118. The zero-order valence-electron chi connectivity index (χ0n) is 28.9. The van der Waals surface area contributed by atoms with Crippen molar-refractivity contribution in [2.75, 3.05) is 0 Å². The second-order valence-corrected chi connectivity index (χ2v) is 15.0. The number of rotatable bonds is 4. The van der Waals surface area contributed by atoms with Crippen LogP contribution in [0.3, 0.4) is 0 Å². The second kappa shape index (κ2) is 11.8. The molecule has 10 aromatic rings. The van der Waals surface area contributed by atoms with Gasteiger partial charge in [0.15, 0.2) is 0 Å². The SMILES string of the molecule is CC1=C(c2c(-c3cccc4sc5ccccc5c34)ccc3oc4ccccc4c23)N=C(c2ccccc2)NC1c1ccc2c(ccc3ccccc32)c1. The van der Waals surface area contributed by atoms with Gasteiger partial charge in [-0.15, -0.1) is 11.3 Å². The molecule has 0 aliphatic carbocycles. The number of nitrogens with zero attached hydrogens (tertiary/aromatic N) is 1. The van der Waals surface area contributed by atoms with Crippen LogP contribution in [0.25, 0.3) is 80.5 Å². The number of aliphatic imine (C=N–C) groups is 1. The molecule has 11 rings (SSSR count). The Bertz CT molecular complexity index is 3160. The Morgan fingerprint density at radius 2 is 1.28 bits per heavy atom. The molecule has 1 N–H and O–H groups in total. The first-order valence-electron chi connectivity index (χ1n) is 18.1. The van der Waals surface area contributed by atoms with Crippen LogP contribution in [0.2, 0.25) is 0 Å². The van der Waals surface area contributed by atoms with Crippen molar-refractivity contribution in [3.63, 3.8) is 0 Å². The molecule has 0 saturated carbocycles. The number of hydrogen-bond acceptors (Lipinski definition) is 4. The maximum atomic E-state index is 6.57. The summed E-state index contributed by atoms with van der Waals surface area (Å²) >= 11 is 1.85. The molecular weight excluding hydrogens is 665 g/mol. The number of hydrogen-bond donors (Lipinski definition) is 1. The molecule has 1 aliphatic heterocycles. The van der Waals surface area contributed by atoms with Crippen LogP contribution in [0.15, 0.2) is 179 Å². The summed E-state index contributed by atoms with van der Waals surface area (Å²) in [6, 6.07) is 58.7. The number of amidine groups is 1. The summed E-state index contributed by atoms with van der Waals surface area (Å²) in [4.78, 5) is 5.58. The van der Waals surface area contributed by atoms with Crippen LogP contribution in [-0.4, -0.2) is 5.84 Å². The Balaban J connectivity index is 1.23. The van der Waals surface area contributed by atoms with Crippen LogP contribution in [-0.2, 0) is 0 Å². The fourth-order valence-corrected chi connectivity index (χ4v) is 9.57. The van der Waals surface area contributed by atoms with Gasteiger partial charge in [-0.2, -0.15) is 0 Å². The lowest BCUT2D eigenvalue weighted by Crippen LogP contribution is -2.33. The Morgan fingerprint density at radius 3 is 2.19 bits per heavy atom. The quantitative estimate of drug-likeness (QED) is 0.186. The number of furan rings is 1. The molecular formula is C49H32N2OS. The number of nitrogens with one attached hydrogen (secondary N) is 1. The van der Waals surface area contributed by atoms with Gasteiger partial charge in [0.25, 0.3) is 0 Å². The van der Waals surface area contributed by atoms with Crippen LogP contribution < -0.4 is 5.32 Å². The van der Waals surface area contributed by atoms with Crippen molar-refractivity contribution in [2.24, 2.45) is 4.99 Å². The second-order valence-electron chi connectivity index (χ2n) is 13.9. The van der Waals surface area contributed by atoms with Gasteiger partial charge in [0.05, 0.1) is 11.7 Å². The van der Waals surface area contributed by atoms with Gasteiger partial charge in [0.2, 0.25) is 0 Å². The molecule has 0 spiro atoms. The topological polar surface area (TPSA) is 37.5 Å². The zero-order valence-corrected chi connectivity index (χ0v) is 29.7. The largest absolute Gasteiger partial charge is 0.456 e. The van der Waals surface area contributed by atoms with E-state index in [-0.39, 0.29) is 6.04 Å². The highest BCUT2D eigenvalue weighted by atomic mass is 32.1. The predicted octanol–water partition coefficient (Wildman–Crippen LogP) is 13.4. The van der Waals surface area contributed by atoms with Gasteiger partial charge in [0, 0.05) is 42.1 Å². The van der Waals surface area contributed by atoms with Crippen molar-refractivity contribution in [1.82, 2.24) is 5.32 Å². The number of fused-ring (bicyclic) bond motifs is 9. The Hall–Kier alpha value is -6.49. The molecule has 1 aliphatic rings. The van der Waals surface area contributed by atoms with Crippen LogP contribution in [0.5, 0.6) is 0 Å². The van der Waals surface area contributed by atoms with E-state index in [1.54, 1.807) is 0 Å². The number of benzene rings is 8. The average Bonchev–Trinajstić information content (AvgIpc) is 3.79. The molecule has 250 valence electrons. The number of thiophene rings is 1. The normalized spacial score (nSPS) is 14.9. The van der Waals surface area contributed by atoms with Gasteiger partial charge in [-0.1, -0.05) is 127 Å². The fraction of sp³-hybridized carbons (Fsp3) is 0.0408. The molecule has 0 amide bonds. The highest BCUT2D eigenvalue weighted by Crippen LogP contribution is 2.48. The van der Waals surface area contributed by atoms with Crippen molar-refractivity contribution in [2.45, 2.75) is 13.0 Å². The molecule has 53 heavy (non-hydrogen) atoms. The van der Waals surface area contributed by atoms with Crippen LogP contribution >= 0.6 is 11.3 Å². The van der Waals surface area contributed by atoms with E-state index in [0.717, 1.165) is 55.7 Å². The van der Waals surface area contributed by atoms with Gasteiger partial charge < -0.3 is 9.73 Å². The van der Waals surface area contributed by atoms with E-state index in [9.17, 15) is 0 Å². The summed E-state index contributed by atoms with van der Waals surface area (Å²) in [5.74, 6) is 0.852. The summed E-state index contributed by atoms with van der Waals surface area (Å²) in [5, 5.41) is 13.6. The first kappa shape index (κ1) is 30.2. The molecule has 1 atom stereocenters. The van der Waals surface area contributed by atoms with Crippen molar-refractivity contribution >= 4 is 86.5 Å². The fourth-order valence-electron chi connectivity index (χ4n) is 8.44. The first-order valence-corrected chi connectivity index (χ1v) is 18.9. The third-order valence-electron chi connectivity index (χ3n) is 10.9. The van der Waals surface area contributed by atoms with Gasteiger partial charge in [-0.25, -0.2) is 4.99 Å². The van der Waals surface area contributed by atoms with Crippen LogP contribution in [0.4, 0.5) is 0 Å². The van der Waals surface area contributed by atoms with E-state index in [2.05, 4.69) is 170 Å². The summed E-state index contributed by atoms with van der Waals surface area (Å²) < 4.78 is 9.14. The third-order valence-corrected chi connectivity index (χ3v) is 12.1. The van der Waals surface area contributed by atoms with E-state index in [4.69, 9.17) is 9.41 Å². The summed E-state index contributed by atoms with van der Waals surface area (Å²) in [7, 11) is 0. The summed E-state index contributed by atoms with van der Waals surface area (Å²) in [5.41, 5.74) is 9.55. The molecule has 0 saturated heterocycles. The molecule has 0 radical (unpaired) electrons. The maximum Gasteiger partial charge on any atom is 0.136 e. The van der Waals surface area contributed by atoms with Gasteiger partial charge in [-0.3, -0.25) is 0 Å². The highest BCUT2D eigenvalue weighted by Gasteiger charge is 2.29. The molecule has 3 heterocycles. The highest BCUT2D eigenvalue weighted by molar-refractivity contribution is 7.25. The minimum Gasteiger partial charge on any atom is -0.456 e. The molecule has 3 nitrogen and oxygen atoms in total. The van der Waals surface area contributed by atoms with Gasteiger partial charge >= 0.3 is 0 Å². The molecule has 0 fully saturated rings.